The van der Waals surface area contributed by atoms with Gasteiger partial charge < -0.3 is 15.8 Å². The van der Waals surface area contributed by atoms with E-state index in [2.05, 4.69) is 10.4 Å². The van der Waals surface area contributed by atoms with E-state index >= 15 is 0 Å². The number of ether oxygens (including phenoxy) is 1. The molecule has 1 aromatic heterocycles. The number of hydrogen-bond acceptors (Lipinski definition) is 6. The number of non-ortho nitro benzene ring substituents is 1. The van der Waals surface area contributed by atoms with Crippen molar-refractivity contribution in [1.29, 1.82) is 0 Å². The zero-order valence-electron chi connectivity index (χ0n) is 15.2. The predicted molar refractivity (Wildman–Crippen MR) is 98.5 cm³/mol. The number of benzene rings is 1. The first kappa shape index (κ1) is 18.8. The Hall–Kier alpha value is -2.94. The second kappa shape index (κ2) is 8.17. The van der Waals surface area contributed by atoms with Crippen LogP contribution in [0.5, 0.6) is 5.75 Å². The van der Waals surface area contributed by atoms with Gasteiger partial charge in [-0.2, -0.15) is 5.10 Å². The number of nitrogens with two attached hydrogens (primary N) is 1. The van der Waals surface area contributed by atoms with Gasteiger partial charge in [0.05, 0.1) is 29.0 Å². The van der Waals surface area contributed by atoms with Gasteiger partial charge in [-0.3, -0.25) is 19.6 Å². The fourth-order valence-corrected chi connectivity index (χ4v) is 3.40. The molecule has 3 rings (SSSR count). The van der Waals surface area contributed by atoms with Crippen LogP contribution in [0.15, 0.2) is 24.4 Å². The zero-order valence-corrected chi connectivity index (χ0v) is 15.2. The molecule has 1 amide bonds. The van der Waals surface area contributed by atoms with Crippen molar-refractivity contribution >= 4 is 11.6 Å². The Balaban J connectivity index is 1.63. The molecule has 0 bridgehead atoms. The van der Waals surface area contributed by atoms with Gasteiger partial charge in [0.25, 0.3) is 11.6 Å². The second-order valence-corrected chi connectivity index (χ2v) is 6.56. The fourth-order valence-electron chi connectivity index (χ4n) is 3.40. The summed E-state index contributed by atoms with van der Waals surface area (Å²) in [6, 6.07) is 4.62. The van der Waals surface area contributed by atoms with Crippen molar-refractivity contribution in [2.24, 2.45) is 11.7 Å². The van der Waals surface area contributed by atoms with Gasteiger partial charge in [0, 0.05) is 30.8 Å². The highest BCUT2D eigenvalue weighted by molar-refractivity contribution is 5.93. The number of nitro benzene ring substituents is 1. The Morgan fingerprint density at radius 2 is 2.33 bits per heavy atom. The SMILES string of the molecule is CCOc1ccc([N+](=O)[O-])cc1CNC[C@H]1CCn2ncc(C(N)=O)c2C1. The lowest BCUT2D eigenvalue weighted by Gasteiger charge is -2.24. The molecule has 2 heterocycles. The number of nitrogens with one attached hydrogen (secondary N) is 1. The van der Waals surface area contributed by atoms with E-state index in [-0.39, 0.29) is 5.69 Å². The Bertz CT molecular complexity index is 848. The summed E-state index contributed by atoms with van der Waals surface area (Å²) in [5, 5.41) is 18.6. The topological polar surface area (TPSA) is 125 Å². The largest absolute Gasteiger partial charge is 0.494 e. The van der Waals surface area contributed by atoms with E-state index in [1.165, 1.54) is 12.3 Å². The molecule has 27 heavy (non-hydrogen) atoms. The van der Waals surface area contributed by atoms with Crippen molar-refractivity contribution in [2.45, 2.75) is 32.9 Å². The summed E-state index contributed by atoms with van der Waals surface area (Å²) < 4.78 is 7.40. The molecule has 1 aliphatic heterocycles. The highest BCUT2D eigenvalue weighted by atomic mass is 16.6. The van der Waals surface area contributed by atoms with E-state index in [9.17, 15) is 14.9 Å². The van der Waals surface area contributed by atoms with Crippen molar-refractivity contribution in [3.8, 4) is 5.75 Å². The van der Waals surface area contributed by atoms with Gasteiger partial charge in [-0.1, -0.05) is 0 Å². The maximum atomic E-state index is 11.5. The van der Waals surface area contributed by atoms with Crippen LogP contribution in [0, 0.1) is 16.0 Å². The third kappa shape index (κ3) is 4.25. The highest BCUT2D eigenvalue weighted by Gasteiger charge is 2.24. The van der Waals surface area contributed by atoms with E-state index in [1.807, 2.05) is 11.6 Å². The summed E-state index contributed by atoms with van der Waals surface area (Å²) >= 11 is 0. The predicted octanol–water partition coefficient (Wildman–Crippen LogP) is 1.64. The maximum Gasteiger partial charge on any atom is 0.270 e. The molecule has 0 radical (unpaired) electrons. The number of aryl methyl sites for hydroxylation is 1. The van der Waals surface area contributed by atoms with E-state index in [0.29, 0.717) is 30.4 Å². The van der Waals surface area contributed by atoms with Crippen LogP contribution in [0.2, 0.25) is 0 Å². The normalized spacial score (nSPS) is 16.0. The van der Waals surface area contributed by atoms with Crippen LogP contribution in [0.1, 0.15) is 35.0 Å². The summed E-state index contributed by atoms with van der Waals surface area (Å²) in [6.07, 6.45) is 3.19. The van der Waals surface area contributed by atoms with Gasteiger partial charge in [-0.15, -0.1) is 0 Å². The number of nitro groups is 1. The molecule has 0 unspecified atom stereocenters. The third-order valence-electron chi connectivity index (χ3n) is 4.75. The molecule has 3 N–H and O–H groups in total. The number of fused-ring (bicyclic) bond motifs is 1. The molecular formula is C18H23N5O4. The molecule has 1 aromatic carbocycles. The molecule has 0 saturated heterocycles. The van der Waals surface area contributed by atoms with Crippen molar-refractivity contribution in [2.75, 3.05) is 13.2 Å². The summed E-state index contributed by atoms with van der Waals surface area (Å²) in [4.78, 5) is 22.1. The summed E-state index contributed by atoms with van der Waals surface area (Å²) in [5.74, 6) is 0.526. The van der Waals surface area contributed by atoms with Crippen LogP contribution >= 0.6 is 0 Å². The maximum absolute atomic E-state index is 11.5. The molecular weight excluding hydrogens is 350 g/mol. The van der Waals surface area contributed by atoms with E-state index in [0.717, 1.165) is 37.2 Å². The molecule has 9 nitrogen and oxygen atoms in total. The van der Waals surface area contributed by atoms with Gasteiger partial charge in [-0.25, -0.2) is 0 Å². The van der Waals surface area contributed by atoms with E-state index < -0.39 is 10.8 Å². The van der Waals surface area contributed by atoms with Gasteiger partial charge in [0.1, 0.15) is 5.75 Å². The molecule has 2 aromatic rings. The van der Waals surface area contributed by atoms with Gasteiger partial charge >= 0.3 is 0 Å². The highest BCUT2D eigenvalue weighted by Crippen LogP contribution is 2.25. The lowest BCUT2D eigenvalue weighted by atomic mass is 9.94. The molecule has 0 aliphatic carbocycles. The lowest BCUT2D eigenvalue weighted by Crippen LogP contribution is -2.30. The number of nitrogens with zero attached hydrogens (tertiary/aromatic N) is 3. The average molecular weight is 373 g/mol. The first-order valence-electron chi connectivity index (χ1n) is 8.95. The Morgan fingerprint density at radius 1 is 1.52 bits per heavy atom. The molecule has 0 spiro atoms. The monoisotopic (exact) mass is 373 g/mol. The van der Waals surface area contributed by atoms with Gasteiger partial charge in [0.2, 0.25) is 0 Å². The first-order chi connectivity index (χ1) is 13.0. The molecule has 1 atom stereocenters. The minimum absolute atomic E-state index is 0.0444. The van der Waals surface area contributed by atoms with E-state index in [4.69, 9.17) is 10.5 Å². The molecule has 1 aliphatic rings. The minimum atomic E-state index is -0.456. The van der Waals surface area contributed by atoms with Crippen LogP contribution in [-0.4, -0.2) is 33.8 Å². The zero-order chi connectivity index (χ0) is 19.4. The van der Waals surface area contributed by atoms with Crippen molar-refractivity contribution < 1.29 is 14.5 Å². The number of carbonyl (C=O) groups excluding carboxylic acids is 1. The van der Waals surface area contributed by atoms with Gasteiger partial charge in [0.15, 0.2) is 0 Å². The van der Waals surface area contributed by atoms with Crippen LogP contribution in [0.25, 0.3) is 0 Å². The Morgan fingerprint density at radius 3 is 3.04 bits per heavy atom. The summed E-state index contributed by atoms with van der Waals surface area (Å²) in [5.41, 5.74) is 7.57. The molecule has 0 saturated carbocycles. The van der Waals surface area contributed by atoms with Gasteiger partial charge in [-0.05, 0) is 38.3 Å². The summed E-state index contributed by atoms with van der Waals surface area (Å²) in [7, 11) is 0. The smallest absolute Gasteiger partial charge is 0.270 e. The number of primary amides is 1. The van der Waals surface area contributed by atoms with E-state index in [1.54, 1.807) is 12.1 Å². The number of hydrogen-bond donors (Lipinski definition) is 2. The molecule has 9 heteroatoms. The number of aromatic nitrogens is 2. The second-order valence-electron chi connectivity index (χ2n) is 6.56. The Labute approximate surface area is 156 Å². The Kier molecular flexibility index (Phi) is 5.70. The van der Waals surface area contributed by atoms with Crippen LogP contribution in [-0.2, 0) is 19.5 Å². The summed E-state index contributed by atoms with van der Waals surface area (Å²) in [6.45, 7) is 4.30. The van der Waals surface area contributed by atoms with Crippen molar-refractivity contribution in [3.05, 3.63) is 51.3 Å². The van der Waals surface area contributed by atoms with Crippen molar-refractivity contribution in [3.63, 3.8) is 0 Å². The van der Waals surface area contributed by atoms with Crippen LogP contribution in [0.3, 0.4) is 0 Å². The van der Waals surface area contributed by atoms with Crippen LogP contribution < -0.4 is 15.8 Å². The average Bonchev–Trinajstić information content (AvgIpc) is 3.06. The molecule has 0 fully saturated rings. The number of carbonyl (C=O) groups is 1. The molecule has 144 valence electrons. The van der Waals surface area contributed by atoms with Crippen LogP contribution in [0.4, 0.5) is 5.69 Å². The lowest BCUT2D eigenvalue weighted by molar-refractivity contribution is -0.384. The number of amides is 1. The quantitative estimate of drug-likeness (QED) is 0.535. The third-order valence-corrected chi connectivity index (χ3v) is 4.75. The first-order valence-corrected chi connectivity index (χ1v) is 8.95. The standard InChI is InChI=1S/C18H23N5O4/c1-2-27-17-4-3-14(23(25)26)8-13(17)10-20-9-12-5-6-22-16(7-12)15(11-21-22)18(19)24/h3-4,8,11-12,20H,2,5-7,9-10H2,1H3,(H2,19,24)/t12-/m0/s1. The fraction of sp³-hybridized carbons (Fsp3) is 0.444. The number of rotatable bonds is 8. The van der Waals surface area contributed by atoms with Crippen molar-refractivity contribution in [1.82, 2.24) is 15.1 Å². The minimum Gasteiger partial charge on any atom is -0.494 e.